The number of hydrogen-bond acceptors (Lipinski definition) is 1. The molecule has 0 N–H and O–H groups in total. The minimum atomic E-state index is 0.300. The second-order valence-electron chi connectivity index (χ2n) is 5.18. The van der Waals surface area contributed by atoms with Gasteiger partial charge in [-0.2, -0.15) is 0 Å². The van der Waals surface area contributed by atoms with Crippen molar-refractivity contribution in [2.24, 2.45) is 23.2 Å². The van der Waals surface area contributed by atoms with E-state index in [1.807, 2.05) is 0 Å². The topological polar surface area (TPSA) is 17.1 Å². The van der Waals surface area contributed by atoms with Gasteiger partial charge >= 0.3 is 0 Å². The van der Waals surface area contributed by atoms with E-state index in [1.54, 1.807) is 6.92 Å². The summed E-state index contributed by atoms with van der Waals surface area (Å²) >= 11 is 0. The molecule has 1 nitrogen and oxygen atoms in total. The van der Waals surface area contributed by atoms with E-state index in [9.17, 15) is 4.79 Å². The zero-order chi connectivity index (χ0) is 8.93. The average molecular weight is 166 g/mol. The van der Waals surface area contributed by atoms with Crippen LogP contribution in [0, 0.1) is 23.2 Å². The summed E-state index contributed by atoms with van der Waals surface area (Å²) < 4.78 is 0. The fraction of sp³-hybridized carbons (Fsp3) is 0.909. The SMILES string of the molecule is CC(=O)[C@H]1[C@H]2CC[C@H](C2)C1(C)C. The lowest BCUT2D eigenvalue weighted by atomic mass is 9.67. The van der Waals surface area contributed by atoms with E-state index >= 15 is 0 Å². The third-order valence-corrected chi connectivity index (χ3v) is 4.24. The highest BCUT2D eigenvalue weighted by Gasteiger charge is 2.54. The zero-order valence-electron chi connectivity index (χ0n) is 8.26. The van der Waals surface area contributed by atoms with Crippen molar-refractivity contribution in [3.05, 3.63) is 0 Å². The molecule has 3 atom stereocenters. The van der Waals surface area contributed by atoms with E-state index in [4.69, 9.17) is 0 Å². The van der Waals surface area contributed by atoms with Crippen molar-refractivity contribution in [2.75, 3.05) is 0 Å². The quantitative estimate of drug-likeness (QED) is 0.585. The Hall–Kier alpha value is -0.330. The maximum absolute atomic E-state index is 11.5. The summed E-state index contributed by atoms with van der Waals surface area (Å²) in [5.41, 5.74) is 0.300. The van der Waals surface area contributed by atoms with Gasteiger partial charge in [0.15, 0.2) is 0 Å². The number of fused-ring (bicyclic) bond motifs is 2. The van der Waals surface area contributed by atoms with Crippen molar-refractivity contribution in [3.8, 4) is 0 Å². The van der Waals surface area contributed by atoms with Crippen LogP contribution in [-0.4, -0.2) is 5.78 Å². The molecule has 2 rings (SSSR count). The highest BCUT2D eigenvalue weighted by molar-refractivity contribution is 5.80. The third kappa shape index (κ3) is 0.884. The number of carbonyl (C=O) groups is 1. The minimum Gasteiger partial charge on any atom is -0.300 e. The molecule has 68 valence electrons. The van der Waals surface area contributed by atoms with Crippen molar-refractivity contribution < 1.29 is 4.79 Å². The van der Waals surface area contributed by atoms with Crippen molar-refractivity contribution in [2.45, 2.75) is 40.0 Å². The summed E-state index contributed by atoms with van der Waals surface area (Å²) in [4.78, 5) is 11.5. The lowest BCUT2D eigenvalue weighted by Gasteiger charge is -2.36. The van der Waals surface area contributed by atoms with Gasteiger partial charge in [0.2, 0.25) is 0 Å². The van der Waals surface area contributed by atoms with Crippen LogP contribution in [0.4, 0.5) is 0 Å². The molecule has 0 heterocycles. The fourth-order valence-electron chi connectivity index (χ4n) is 3.71. The molecule has 0 spiro atoms. The molecule has 0 aliphatic heterocycles. The first kappa shape index (κ1) is 8.28. The second-order valence-corrected chi connectivity index (χ2v) is 5.18. The molecule has 2 saturated carbocycles. The van der Waals surface area contributed by atoms with Gasteiger partial charge in [0.05, 0.1) is 0 Å². The number of rotatable bonds is 1. The van der Waals surface area contributed by atoms with Crippen LogP contribution < -0.4 is 0 Å². The molecule has 12 heavy (non-hydrogen) atoms. The van der Waals surface area contributed by atoms with Crippen LogP contribution >= 0.6 is 0 Å². The van der Waals surface area contributed by atoms with Crippen molar-refractivity contribution in [1.82, 2.24) is 0 Å². The maximum Gasteiger partial charge on any atom is 0.133 e. The monoisotopic (exact) mass is 166 g/mol. The summed E-state index contributed by atoms with van der Waals surface area (Å²) in [6, 6.07) is 0. The maximum atomic E-state index is 11.5. The summed E-state index contributed by atoms with van der Waals surface area (Å²) in [6.07, 6.45) is 3.98. The van der Waals surface area contributed by atoms with Gasteiger partial charge in [0.25, 0.3) is 0 Å². The van der Waals surface area contributed by atoms with Gasteiger partial charge in [-0.1, -0.05) is 13.8 Å². The Bertz CT molecular complexity index is 217. The Balaban J connectivity index is 2.29. The Morgan fingerprint density at radius 3 is 2.33 bits per heavy atom. The molecule has 0 aromatic carbocycles. The van der Waals surface area contributed by atoms with Crippen LogP contribution in [0.2, 0.25) is 0 Å². The largest absolute Gasteiger partial charge is 0.300 e. The third-order valence-electron chi connectivity index (χ3n) is 4.24. The minimum absolute atomic E-state index is 0.300. The lowest BCUT2D eigenvalue weighted by molar-refractivity contribution is -0.126. The van der Waals surface area contributed by atoms with E-state index in [0.29, 0.717) is 17.1 Å². The van der Waals surface area contributed by atoms with Gasteiger partial charge in [-0.25, -0.2) is 0 Å². The molecular formula is C11H18O. The van der Waals surface area contributed by atoms with Gasteiger partial charge in [0.1, 0.15) is 5.78 Å². The van der Waals surface area contributed by atoms with E-state index in [1.165, 1.54) is 19.3 Å². The van der Waals surface area contributed by atoms with Gasteiger partial charge in [-0.05, 0) is 43.4 Å². The Labute approximate surface area is 74.5 Å². The van der Waals surface area contributed by atoms with Crippen molar-refractivity contribution in [1.29, 1.82) is 0 Å². The van der Waals surface area contributed by atoms with Crippen LogP contribution in [0.1, 0.15) is 40.0 Å². The first-order valence-corrected chi connectivity index (χ1v) is 5.04. The predicted octanol–water partition coefficient (Wildman–Crippen LogP) is 2.65. The van der Waals surface area contributed by atoms with E-state index in [2.05, 4.69) is 13.8 Å². The van der Waals surface area contributed by atoms with Crippen LogP contribution in [0.5, 0.6) is 0 Å². The standard InChI is InChI=1S/C11H18O/c1-7(12)10-8-4-5-9(6-8)11(10,2)3/h8-10H,4-6H2,1-3H3/t8-,9+,10-/m0/s1. The van der Waals surface area contributed by atoms with Gasteiger partial charge in [-0.3, -0.25) is 4.79 Å². The Morgan fingerprint density at radius 2 is 2.00 bits per heavy atom. The molecule has 0 aromatic rings. The predicted molar refractivity (Wildman–Crippen MR) is 48.8 cm³/mol. The molecule has 2 aliphatic carbocycles. The highest BCUT2D eigenvalue weighted by atomic mass is 16.1. The van der Waals surface area contributed by atoms with Crippen LogP contribution in [-0.2, 0) is 4.79 Å². The molecule has 2 fully saturated rings. The molecule has 2 bridgehead atoms. The number of Topliss-reactive ketones (excluding diaryl/α,β-unsaturated/α-hetero) is 1. The molecule has 0 unspecified atom stereocenters. The zero-order valence-corrected chi connectivity index (χ0v) is 8.26. The average Bonchev–Trinajstić information content (AvgIpc) is 2.41. The molecular weight excluding hydrogens is 148 g/mol. The van der Waals surface area contributed by atoms with Crippen LogP contribution in [0.3, 0.4) is 0 Å². The molecule has 0 aromatic heterocycles. The summed E-state index contributed by atoms with van der Waals surface area (Å²) in [6.45, 7) is 6.33. The molecule has 2 aliphatic rings. The van der Waals surface area contributed by atoms with Crippen LogP contribution in [0.25, 0.3) is 0 Å². The first-order valence-electron chi connectivity index (χ1n) is 5.04. The van der Waals surface area contributed by atoms with E-state index in [-0.39, 0.29) is 0 Å². The molecule has 0 amide bonds. The van der Waals surface area contributed by atoms with Crippen molar-refractivity contribution >= 4 is 5.78 Å². The molecule has 0 saturated heterocycles. The summed E-state index contributed by atoms with van der Waals surface area (Å²) in [5.74, 6) is 2.35. The van der Waals surface area contributed by atoms with Gasteiger partial charge in [-0.15, -0.1) is 0 Å². The Morgan fingerprint density at radius 1 is 1.33 bits per heavy atom. The normalized spacial score (nSPS) is 43.4. The summed E-state index contributed by atoms with van der Waals surface area (Å²) in [5, 5.41) is 0. The number of carbonyl (C=O) groups excluding carboxylic acids is 1. The molecule has 0 radical (unpaired) electrons. The molecule has 1 heteroatoms. The number of ketones is 1. The fourth-order valence-corrected chi connectivity index (χ4v) is 3.71. The van der Waals surface area contributed by atoms with Crippen LogP contribution in [0.15, 0.2) is 0 Å². The second kappa shape index (κ2) is 2.34. The number of hydrogen-bond donors (Lipinski definition) is 0. The van der Waals surface area contributed by atoms with E-state index < -0.39 is 0 Å². The van der Waals surface area contributed by atoms with Gasteiger partial charge < -0.3 is 0 Å². The first-order chi connectivity index (χ1) is 5.53. The van der Waals surface area contributed by atoms with Gasteiger partial charge in [0, 0.05) is 5.92 Å². The van der Waals surface area contributed by atoms with Crippen molar-refractivity contribution in [3.63, 3.8) is 0 Å². The smallest absolute Gasteiger partial charge is 0.133 e. The lowest BCUT2D eigenvalue weighted by Crippen LogP contribution is -2.35. The van der Waals surface area contributed by atoms with E-state index in [0.717, 1.165) is 11.8 Å². The Kier molecular flexibility index (Phi) is 1.61. The summed E-state index contributed by atoms with van der Waals surface area (Å²) in [7, 11) is 0. The highest BCUT2D eigenvalue weighted by Crippen LogP contribution is 2.59.